The second kappa shape index (κ2) is 5.59. The van der Waals surface area contributed by atoms with E-state index in [1.54, 1.807) is 6.20 Å². The highest BCUT2D eigenvalue weighted by Gasteiger charge is 2.34. The van der Waals surface area contributed by atoms with E-state index in [4.69, 9.17) is 4.52 Å². The molecule has 8 heteroatoms. The largest absolute Gasteiger partial charge is 0.351 e. The van der Waals surface area contributed by atoms with Gasteiger partial charge in [0.15, 0.2) is 17.3 Å². The Morgan fingerprint density at radius 1 is 1.26 bits per heavy atom. The lowest BCUT2D eigenvalue weighted by molar-refractivity contribution is 0.177. The van der Waals surface area contributed by atoms with Crippen LogP contribution in [-0.2, 0) is 0 Å². The van der Waals surface area contributed by atoms with Crippen LogP contribution in [0.3, 0.4) is 0 Å². The van der Waals surface area contributed by atoms with Gasteiger partial charge in [-0.1, -0.05) is 5.16 Å². The number of anilines is 1. The molecule has 2 aromatic rings. The molecular formula is C15H17N7O. The topological polar surface area (TPSA) is 95.0 Å². The Bertz CT molecular complexity index is 748. The van der Waals surface area contributed by atoms with Crippen LogP contribution in [0, 0.1) is 11.3 Å². The van der Waals surface area contributed by atoms with Gasteiger partial charge >= 0.3 is 0 Å². The Balaban J connectivity index is 1.58. The molecule has 2 fully saturated rings. The predicted molar refractivity (Wildman–Crippen MR) is 80.6 cm³/mol. The lowest BCUT2D eigenvalue weighted by Crippen LogP contribution is -2.47. The maximum atomic E-state index is 9.22. The summed E-state index contributed by atoms with van der Waals surface area (Å²) >= 11 is 0. The van der Waals surface area contributed by atoms with Gasteiger partial charge in [0.2, 0.25) is 5.89 Å². The van der Waals surface area contributed by atoms with Crippen LogP contribution in [-0.4, -0.2) is 51.7 Å². The van der Waals surface area contributed by atoms with E-state index in [0.29, 0.717) is 29.9 Å². The number of piperazine rings is 1. The number of hydrogen-bond acceptors (Lipinski definition) is 8. The predicted octanol–water partition coefficient (Wildman–Crippen LogP) is 1.10. The van der Waals surface area contributed by atoms with E-state index in [-0.39, 0.29) is 6.04 Å². The third kappa shape index (κ3) is 2.64. The molecule has 23 heavy (non-hydrogen) atoms. The first-order valence-corrected chi connectivity index (χ1v) is 7.76. The molecular weight excluding hydrogens is 294 g/mol. The van der Waals surface area contributed by atoms with Crippen LogP contribution in [0.2, 0.25) is 0 Å². The third-order valence-corrected chi connectivity index (χ3v) is 4.42. The molecule has 2 aromatic heterocycles. The highest BCUT2D eigenvalue weighted by molar-refractivity contribution is 5.50. The van der Waals surface area contributed by atoms with Gasteiger partial charge in [0.05, 0.1) is 0 Å². The highest BCUT2D eigenvalue weighted by Crippen LogP contribution is 2.39. The van der Waals surface area contributed by atoms with Gasteiger partial charge in [0.1, 0.15) is 12.1 Å². The summed E-state index contributed by atoms with van der Waals surface area (Å²) in [6.07, 6.45) is 5.45. The number of aromatic nitrogens is 4. The molecule has 0 N–H and O–H groups in total. The molecule has 1 unspecified atom stereocenters. The minimum absolute atomic E-state index is 0.00250. The van der Waals surface area contributed by atoms with E-state index in [0.717, 1.165) is 31.8 Å². The minimum Gasteiger partial charge on any atom is -0.351 e. The molecule has 0 radical (unpaired) electrons. The number of hydrogen-bond donors (Lipinski definition) is 0. The molecule has 1 aliphatic heterocycles. The first-order chi connectivity index (χ1) is 11.3. The van der Waals surface area contributed by atoms with Crippen molar-refractivity contribution >= 4 is 5.82 Å². The van der Waals surface area contributed by atoms with Gasteiger partial charge in [0, 0.05) is 37.9 Å². The Hall–Kier alpha value is -2.53. The fraction of sp³-hybridized carbons (Fsp3) is 0.533. The minimum atomic E-state index is -0.00250. The van der Waals surface area contributed by atoms with Crippen molar-refractivity contribution in [1.82, 2.24) is 25.0 Å². The number of nitriles is 1. The van der Waals surface area contributed by atoms with E-state index in [1.165, 1.54) is 6.20 Å². The number of nitrogens with zero attached hydrogens (tertiary/aromatic N) is 7. The van der Waals surface area contributed by atoms with Crippen molar-refractivity contribution < 1.29 is 4.52 Å². The zero-order chi connectivity index (χ0) is 15.8. The quantitative estimate of drug-likeness (QED) is 0.831. The molecule has 4 rings (SSSR count). The van der Waals surface area contributed by atoms with Gasteiger partial charge in [-0.2, -0.15) is 10.2 Å². The molecule has 118 valence electrons. The van der Waals surface area contributed by atoms with Gasteiger partial charge < -0.3 is 9.42 Å². The lowest BCUT2D eigenvalue weighted by Gasteiger charge is -2.38. The van der Waals surface area contributed by atoms with Crippen molar-refractivity contribution in [1.29, 1.82) is 5.26 Å². The Morgan fingerprint density at radius 2 is 2.09 bits per heavy atom. The molecule has 0 amide bonds. The van der Waals surface area contributed by atoms with E-state index in [1.807, 2.05) is 7.05 Å². The summed E-state index contributed by atoms with van der Waals surface area (Å²) in [6, 6.07) is 2.10. The Labute approximate surface area is 133 Å². The second-order valence-corrected chi connectivity index (χ2v) is 6.05. The van der Waals surface area contributed by atoms with Crippen molar-refractivity contribution in [3.05, 3.63) is 29.8 Å². The van der Waals surface area contributed by atoms with Crippen LogP contribution in [0.5, 0.6) is 0 Å². The third-order valence-electron chi connectivity index (χ3n) is 4.42. The standard InChI is InChI=1S/C15H17N7O/c1-21-6-7-22(14-11(8-16)17-4-5-18-14)9-12(21)15-19-13(20-23-15)10-2-3-10/h4-5,10,12H,2-3,6-7,9H2,1H3. The summed E-state index contributed by atoms with van der Waals surface area (Å²) in [7, 11) is 2.05. The first kappa shape index (κ1) is 14.1. The van der Waals surface area contributed by atoms with Crippen LogP contribution in [0.15, 0.2) is 16.9 Å². The molecule has 1 aliphatic carbocycles. The summed E-state index contributed by atoms with van der Waals surface area (Å²) in [5, 5.41) is 13.3. The van der Waals surface area contributed by atoms with Crippen LogP contribution in [0.25, 0.3) is 0 Å². The molecule has 1 atom stereocenters. The fourth-order valence-corrected chi connectivity index (χ4v) is 2.86. The first-order valence-electron chi connectivity index (χ1n) is 7.76. The van der Waals surface area contributed by atoms with Crippen molar-refractivity contribution in [3.8, 4) is 6.07 Å². The van der Waals surface area contributed by atoms with E-state index in [2.05, 4.69) is 36.0 Å². The normalized spacial score (nSPS) is 22.1. The fourth-order valence-electron chi connectivity index (χ4n) is 2.86. The van der Waals surface area contributed by atoms with E-state index < -0.39 is 0 Å². The zero-order valence-corrected chi connectivity index (χ0v) is 12.9. The van der Waals surface area contributed by atoms with Crippen LogP contribution in [0.4, 0.5) is 5.82 Å². The van der Waals surface area contributed by atoms with E-state index in [9.17, 15) is 5.26 Å². The van der Waals surface area contributed by atoms with E-state index >= 15 is 0 Å². The highest BCUT2D eigenvalue weighted by atomic mass is 16.5. The SMILES string of the molecule is CN1CCN(c2nccnc2C#N)CC1c1nc(C2CC2)no1. The molecule has 0 aromatic carbocycles. The molecule has 0 spiro atoms. The summed E-state index contributed by atoms with van der Waals surface area (Å²) in [6.45, 7) is 2.26. The summed E-state index contributed by atoms with van der Waals surface area (Å²) in [4.78, 5) is 17.3. The van der Waals surface area contributed by atoms with Gasteiger partial charge in [-0.3, -0.25) is 4.90 Å². The number of likely N-dealkylation sites (N-methyl/N-ethyl adjacent to an activating group) is 1. The van der Waals surface area contributed by atoms with Gasteiger partial charge in [-0.25, -0.2) is 9.97 Å². The zero-order valence-electron chi connectivity index (χ0n) is 12.9. The molecule has 2 aliphatic rings. The summed E-state index contributed by atoms with van der Waals surface area (Å²) in [5.41, 5.74) is 0.347. The van der Waals surface area contributed by atoms with Crippen LogP contribution in [0.1, 0.15) is 42.2 Å². The average Bonchev–Trinajstić information content (AvgIpc) is 3.33. The molecule has 1 saturated carbocycles. The van der Waals surface area contributed by atoms with Gasteiger partial charge in [-0.05, 0) is 19.9 Å². The Morgan fingerprint density at radius 3 is 2.87 bits per heavy atom. The summed E-state index contributed by atoms with van der Waals surface area (Å²) in [5.74, 6) is 2.56. The van der Waals surface area contributed by atoms with Crippen molar-refractivity contribution in [2.45, 2.75) is 24.8 Å². The number of rotatable bonds is 3. The van der Waals surface area contributed by atoms with Crippen molar-refractivity contribution in [2.24, 2.45) is 0 Å². The monoisotopic (exact) mass is 311 g/mol. The average molecular weight is 311 g/mol. The summed E-state index contributed by atoms with van der Waals surface area (Å²) < 4.78 is 5.49. The van der Waals surface area contributed by atoms with Crippen LogP contribution < -0.4 is 4.90 Å². The molecule has 1 saturated heterocycles. The van der Waals surface area contributed by atoms with Crippen molar-refractivity contribution in [3.63, 3.8) is 0 Å². The smallest absolute Gasteiger partial charge is 0.245 e. The van der Waals surface area contributed by atoms with Gasteiger partial charge in [0.25, 0.3) is 0 Å². The second-order valence-electron chi connectivity index (χ2n) is 6.05. The molecule has 3 heterocycles. The van der Waals surface area contributed by atoms with Crippen LogP contribution >= 0.6 is 0 Å². The van der Waals surface area contributed by atoms with Crippen molar-refractivity contribution in [2.75, 3.05) is 31.6 Å². The molecule has 8 nitrogen and oxygen atoms in total. The van der Waals surface area contributed by atoms with Gasteiger partial charge in [-0.15, -0.1) is 0 Å². The Kier molecular flexibility index (Phi) is 3.42. The molecule has 0 bridgehead atoms. The maximum absolute atomic E-state index is 9.22. The lowest BCUT2D eigenvalue weighted by atomic mass is 10.1. The maximum Gasteiger partial charge on any atom is 0.245 e.